The van der Waals surface area contributed by atoms with E-state index in [2.05, 4.69) is 42.7 Å². The van der Waals surface area contributed by atoms with Crippen LogP contribution in [0.25, 0.3) is 0 Å². The zero-order valence-corrected chi connectivity index (χ0v) is 11.6. The second-order valence-electron chi connectivity index (χ2n) is 4.71. The Bertz CT molecular complexity index is 402. The predicted molar refractivity (Wildman–Crippen MR) is 76.3 cm³/mol. The van der Waals surface area contributed by atoms with Gasteiger partial charge in [-0.3, -0.25) is 5.41 Å². The highest BCUT2D eigenvalue weighted by Gasteiger charge is 2.15. The van der Waals surface area contributed by atoms with Gasteiger partial charge in [-0.25, -0.2) is 4.98 Å². The van der Waals surface area contributed by atoms with Crippen LogP contribution in [0, 0.1) is 5.41 Å². The van der Waals surface area contributed by atoms with Crippen molar-refractivity contribution in [2.75, 3.05) is 32.1 Å². The zero-order valence-electron chi connectivity index (χ0n) is 11.6. The van der Waals surface area contributed by atoms with E-state index in [1.165, 1.54) is 0 Å². The van der Waals surface area contributed by atoms with Crippen LogP contribution in [-0.4, -0.2) is 48.9 Å². The molecule has 1 atom stereocenters. The Morgan fingerprint density at radius 1 is 1.50 bits per heavy atom. The number of pyridine rings is 1. The van der Waals surface area contributed by atoms with Crippen LogP contribution in [0.4, 0.5) is 5.82 Å². The summed E-state index contributed by atoms with van der Waals surface area (Å²) in [6, 6.07) is 3.99. The van der Waals surface area contributed by atoms with E-state index >= 15 is 0 Å². The van der Waals surface area contributed by atoms with Gasteiger partial charge in [0.15, 0.2) is 0 Å². The van der Waals surface area contributed by atoms with Gasteiger partial charge in [0, 0.05) is 30.9 Å². The van der Waals surface area contributed by atoms with Gasteiger partial charge in [0.25, 0.3) is 0 Å². The van der Waals surface area contributed by atoms with E-state index in [-0.39, 0.29) is 5.84 Å². The number of likely N-dealkylation sites (N-methyl/N-ethyl adjacent to an activating group) is 2. The molecule has 1 heterocycles. The van der Waals surface area contributed by atoms with Gasteiger partial charge < -0.3 is 15.5 Å². The molecule has 1 aromatic rings. The van der Waals surface area contributed by atoms with Crippen molar-refractivity contribution in [3.8, 4) is 0 Å². The summed E-state index contributed by atoms with van der Waals surface area (Å²) in [5.41, 5.74) is 6.23. The lowest BCUT2D eigenvalue weighted by Crippen LogP contribution is -2.40. The zero-order chi connectivity index (χ0) is 13.7. The number of hydrogen-bond donors (Lipinski definition) is 2. The largest absolute Gasteiger partial charge is 0.384 e. The fourth-order valence-corrected chi connectivity index (χ4v) is 2.07. The molecule has 0 bridgehead atoms. The van der Waals surface area contributed by atoms with Crippen LogP contribution >= 0.6 is 0 Å². The number of amidine groups is 1. The van der Waals surface area contributed by atoms with E-state index in [9.17, 15) is 0 Å². The predicted octanol–water partition coefficient (Wildman–Crippen LogP) is 1.14. The van der Waals surface area contributed by atoms with E-state index in [1.54, 1.807) is 12.3 Å². The molecule has 1 aromatic heterocycles. The highest BCUT2D eigenvalue weighted by Crippen LogP contribution is 2.15. The lowest BCUT2D eigenvalue weighted by molar-refractivity contribution is 0.372. The third-order valence-corrected chi connectivity index (χ3v) is 2.85. The highest BCUT2D eigenvalue weighted by atomic mass is 15.2. The molecule has 0 saturated carbocycles. The maximum atomic E-state index is 7.47. The average Bonchev–Trinajstić information content (AvgIpc) is 2.29. The summed E-state index contributed by atoms with van der Waals surface area (Å²) in [7, 11) is 4.12. The number of rotatable bonds is 6. The quantitative estimate of drug-likeness (QED) is 0.586. The average molecular weight is 249 g/mol. The molecule has 5 heteroatoms. The maximum Gasteiger partial charge on any atom is 0.129 e. The van der Waals surface area contributed by atoms with Crippen molar-refractivity contribution in [2.24, 2.45) is 5.73 Å². The van der Waals surface area contributed by atoms with Crippen LogP contribution in [0.1, 0.15) is 19.4 Å². The van der Waals surface area contributed by atoms with Crippen molar-refractivity contribution < 1.29 is 0 Å². The Labute approximate surface area is 109 Å². The number of nitrogens with two attached hydrogens (primary N) is 1. The van der Waals surface area contributed by atoms with E-state index in [0.29, 0.717) is 6.04 Å². The molecule has 0 spiro atoms. The minimum atomic E-state index is 0.0787. The summed E-state index contributed by atoms with van der Waals surface area (Å²) in [5, 5.41) is 7.47. The molecule has 0 amide bonds. The van der Waals surface area contributed by atoms with Crippen molar-refractivity contribution in [3.63, 3.8) is 0 Å². The SMILES string of the molecule is CCN(c1cc(C(=N)N)ccn1)C(C)CN(C)C. The molecule has 0 aliphatic carbocycles. The van der Waals surface area contributed by atoms with Gasteiger partial charge in [-0.1, -0.05) is 0 Å². The number of anilines is 1. The summed E-state index contributed by atoms with van der Waals surface area (Å²) < 4.78 is 0. The van der Waals surface area contributed by atoms with Crippen molar-refractivity contribution in [3.05, 3.63) is 23.9 Å². The lowest BCUT2D eigenvalue weighted by atomic mass is 10.2. The molecular weight excluding hydrogens is 226 g/mol. The van der Waals surface area contributed by atoms with Crippen LogP contribution in [0.3, 0.4) is 0 Å². The maximum absolute atomic E-state index is 7.47. The summed E-state index contributed by atoms with van der Waals surface area (Å²) >= 11 is 0. The Balaban J connectivity index is 2.94. The molecule has 5 nitrogen and oxygen atoms in total. The first-order chi connectivity index (χ1) is 8.45. The van der Waals surface area contributed by atoms with Gasteiger partial charge in [-0.15, -0.1) is 0 Å². The second-order valence-corrected chi connectivity index (χ2v) is 4.71. The first kappa shape index (κ1) is 14.4. The van der Waals surface area contributed by atoms with Gasteiger partial charge in [0.2, 0.25) is 0 Å². The van der Waals surface area contributed by atoms with E-state index in [4.69, 9.17) is 11.1 Å². The number of nitrogens with zero attached hydrogens (tertiary/aromatic N) is 3. The van der Waals surface area contributed by atoms with Gasteiger partial charge in [-0.2, -0.15) is 0 Å². The van der Waals surface area contributed by atoms with Crippen molar-refractivity contribution in [1.29, 1.82) is 5.41 Å². The minimum absolute atomic E-state index is 0.0787. The monoisotopic (exact) mass is 249 g/mol. The molecular formula is C13H23N5. The summed E-state index contributed by atoms with van der Waals surface area (Å²) in [6.45, 7) is 6.11. The lowest BCUT2D eigenvalue weighted by Gasteiger charge is -2.31. The number of nitrogens with one attached hydrogen (secondary N) is 1. The van der Waals surface area contributed by atoms with Crippen molar-refractivity contribution in [1.82, 2.24) is 9.88 Å². The Hall–Kier alpha value is -1.62. The molecule has 0 aliphatic heterocycles. The molecule has 0 saturated heterocycles. The molecule has 1 unspecified atom stereocenters. The van der Waals surface area contributed by atoms with Crippen LogP contribution in [0.2, 0.25) is 0 Å². The minimum Gasteiger partial charge on any atom is -0.384 e. The summed E-state index contributed by atoms with van der Waals surface area (Å²) in [6.07, 6.45) is 1.71. The Kier molecular flexibility index (Phi) is 5.09. The molecule has 3 N–H and O–H groups in total. The number of aromatic nitrogens is 1. The topological polar surface area (TPSA) is 69.2 Å². The van der Waals surface area contributed by atoms with Crippen molar-refractivity contribution >= 4 is 11.7 Å². The van der Waals surface area contributed by atoms with Gasteiger partial charge >= 0.3 is 0 Å². The molecule has 0 fully saturated rings. The third kappa shape index (κ3) is 3.70. The van der Waals surface area contributed by atoms with Crippen LogP contribution in [0.5, 0.6) is 0 Å². The second kappa shape index (κ2) is 6.35. The van der Waals surface area contributed by atoms with Gasteiger partial charge in [0.1, 0.15) is 11.7 Å². The van der Waals surface area contributed by atoms with Crippen LogP contribution in [0.15, 0.2) is 18.3 Å². The molecule has 0 aromatic carbocycles. The molecule has 18 heavy (non-hydrogen) atoms. The molecule has 100 valence electrons. The molecule has 1 rings (SSSR count). The fraction of sp³-hybridized carbons (Fsp3) is 0.538. The number of nitrogen functional groups attached to an aromatic ring is 1. The van der Waals surface area contributed by atoms with E-state index < -0.39 is 0 Å². The highest BCUT2D eigenvalue weighted by molar-refractivity contribution is 5.95. The standard InChI is InChI=1S/C13H23N5/c1-5-18(10(2)9-17(3)4)12-8-11(13(14)15)6-7-16-12/h6-8,10H,5,9H2,1-4H3,(H3,14,15). The van der Waals surface area contributed by atoms with Gasteiger partial charge in [0.05, 0.1) is 0 Å². The first-order valence-corrected chi connectivity index (χ1v) is 6.17. The smallest absolute Gasteiger partial charge is 0.129 e. The summed E-state index contributed by atoms with van der Waals surface area (Å²) in [4.78, 5) is 8.75. The van der Waals surface area contributed by atoms with Gasteiger partial charge in [-0.05, 0) is 40.1 Å². The normalized spacial score (nSPS) is 12.5. The summed E-state index contributed by atoms with van der Waals surface area (Å²) in [5.74, 6) is 0.953. The van der Waals surface area contributed by atoms with E-state index in [0.717, 1.165) is 24.5 Å². The Morgan fingerprint density at radius 3 is 2.67 bits per heavy atom. The first-order valence-electron chi connectivity index (χ1n) is 6.17. The third-order valence-electron chi connectivity index (χ3n) is 2.85. The number of hydrogen-bond acceptors (Lipinski definition) is 4. The van der Waals surface area contributed by atoms with Crippen LogP contribution in [-0.2, 0) is 0 Å². The van der Waals surface area contributed by atoms with Crippen LogP contribution < -0.4 is 10.6 Å². The fourth-order valence-electron chi connectivity index (χ4n) is 2.07. The molecule has 0 aliphatic rings. The molecule has 0 radical (unpaired) electrons. The van der Waals surface area contributed by atoms with E-state index in [1.807, 2.05) is 6.07 Å². The Morgan fingerprint density at radius 2 is 2.17 bits per heavy atom. The van der Waals surface area contributed by atoms with Crippen molar-refractivity contribution in [2.45, 2.75) is 19.9 Å².